The smallest absolute Gasteiger partial charge is 0.325 e. The number of nitrogens with one attached hydrogen (secondary N) is 1. The number of carbonyl (C=O) groups excluding carboxylic acids is 2. The number of para-hydroxylation sites is 1. The highest BCUT2D eigenvalue weighted by Gasteiger charge is 2.44. The third kappa shape index (κ3) is 3.37. The molecule has 0 bridgehead atoms. The SMILES string of the molecule is CSc1n[n+]2c(c(=O)[nH]1)-c1ccccc1N(C(C)=O)C2c1ccc(OC(C)=O)cc1. The number of esters is 1. The maximum Gasteiger partial charge on any atom is 0.325 e. The third-order valence-electron chi connectivity index (χ3n) is 4.73. The molecule has 0 spiro atoms. The van der Waals surface area contributed by atoms with Gasteiger partial charge in [0.05, 0.1) is 11.3 Å². The second-order valence-corrected chi connectivity index (χ2v) is 7.49. The molecule has 8 nitrogen and oxygen atoms in total. The molecule has 1 aliphatic heterocycles. The highest BCUT2D eigenvalue weighted by atomic mass is 32.2. The highest BCUT2D eigenvalue weighted by molar-refractivity contribution is 7.98. The lowest BCUT2D eigenvalue weighted by Crippen LogP contribution is -2.60. The molecule has 9 heteroatoms. The predicted octanol–water partition coefficient (Wildman–Crippen LogP) is 2.29. The molecule has 1 aliphatic rings. The number of ether oxygens (including phenoxy) is 1. The number of aromatic amines is 1. The van der Waals surface area contributed by atoms with Gasteiger partial charge in [0.2, 0.25) is 11.1 Å². The van der Waals surface area contributed by atoms with E-state index in [2.05, 4.69) is 10.1 Å². The second kappa shape index (κ2) is 7.75. The lowest BCUT2D eigenvalue weighted by atomic mass is 10.0. The fourth-order valence-electron chi connectivity index (χ4n) is 3.58. The fraction of sp³-hybridized carbons (Fsp3) is 0.190. The molecule has 0 saturated carbocycles. The van der Waals surface area contributed by atoms with Crippen LogP contribution in [-0.2, 0) is 9.59 Å². The van der Waals surface area contributed by atoms with E-state index in [1.165, 1.54) is 25.6 Å². The van der Waals surface area contributed by atoms with Crippen LogP contribution in [-0.4, -0.2) is 28.2 Å². The average molecular weight is 423 g/mol. The van der Waals surface area contributed by atoms with Crippen LogP contribution in [0.15, 0.2) is 58.5 Å². The van der Waals surface area contributed by atoms with Gasteiger partial charge in [-0.2, -0.15) is 0 Å². The molecule has 3 aromatic rings. The van der Waals surface area contributed by atoms with E-state index in [1.54, 1.807) is 39.9 Å². The summed E-state index contributed by atoms with van der Waals surface area (Å²) in [7, 11) is 0. The topological polar surface area (TPSA) is 96.2 Å². The molecule has 152 valence electrons. The van der Waals surface area contributed by atoms with E-state index in [0.717, 1.165) is 0 Å². The summed E-state index contributed by atoms with van der Waals surface area (Å²) in [5.41, 5.74) is 2.05. The summed E-state index contributed by atoms with van der Waals surface area (Å²) in [5, 5.41) is 5.04. The summed E-state index contributed by atoms with van der Waals surface area (Å²) < 4.78 is 6.69. The Morgan fingerprint density at radius 2 is 1.83 bits per heavy atom. The Labute approximate surface area is 176 Å². The quantitative estimate of drug-likeness (QED) is 0.301. The molecule has 0 saturated heterocycles. The van der Waals surface area contributed by atoms with Crippen LogP contribution < -0.4 is 19.9 Å². The van der Waals surface area contributed by atoms with Gasteiger partial charge >= 0.3 is 17.2 Å². The molecule has 30 heavy (non-hydrogen) atoms. The minimum atomic E-state index is -0.674. The van der Waals surface area contributed by atoms with Gasteiger partial charge in [0, 0.05) is 24.5 Å². The first kappa shape index (κ1) is 19.8. The molecular formula is C21H19N4O4S+. The van der Waals surface area contributed by atoms with E-state index >= 15 is 0 Å². The van der Waals surface area contributed by atoms with Crippen molar-refractivity contribution in [3.63, 3.8) is 0 Å². The van der Waals surface area contributed by atoms with Crippen LogP contribution in [0.4, 0.5) is 5.69 Å². The lowest BCUT2D eigenvalue weighted by molar-refractivity contribution is -0.763. The lowest BCUT2D eigenvalue weighted by Gasteiger charge is -2.31. The van der Waals surface area contributed by atoms with Crippen LogP contribution in [0.25, 0.3) is 11.3 Å². The summed E-state index contributed by atoms with van der Waals surface area (Å²) in [4.78, 5) is 41.3. The summed E-state index contributed by atoms with van der Waals surface area (Å²) in [6.45, 7) is 2.81. The maximum atomic E-state index is 12.9. The van der Waals surface area contributed by atoms with Crippen molar-refractivity contribution in [1.82, 2.24) is 10.1 Å². The molecule has 0 radical (unpaired) electrons. The number of anilines is 1. The first-order chi connectivity index (χ1) is 14.4. The van der Waals surface area contributed by atoms with Gasteiger partial charge in [0.15, 0.2) is 0 Å². The van der Waals surface area contributed by atoms with Gasteiger partial charge in [-0.05, 0) is 47.3 Å². The Hall–Kier alpha value is -3.46. The Morgan fingerprint density at radius 3 is 2.47 bits per heavy atom. The van der Waals surface area contributed by atoms with Crippen molar-refractivity contribution in [2.24, 2.45) is 0 Å². The number of fused-ring (bicyclic) bond motifs is 3. The maximum absolute atomic E-state index is 12.9. The van der Waals surface area contributed by atoms with Crippen molar-refractivity contribution >= 4 is 29.3 Å². The molecule has 1 N–H and O–H groups in total. The van der Waals surface area contributed by atoms with Crippen molar-refractivity contribution < 1.29 is 19.0 Å². The van der Waals surface area contributed by atoms with Crippen molar-refractivity contribution in [2.75, 3.05) is 11.2 Å². The van der Waals surface area contributed by atoms with E-state index in [4.69, 9.17) is 4.74 Å². The zero-order valence-corrected chi connectivity index (χ0v) is 17.4. The van der Waals surface area contributed by atoms with Crippen molar-refractivity contribution in [2.45, 2.75) is 25.2 Å². The van der Waals surface area contributed by atoms with Crippen molar-refractivity contribution in [3.05, 3.63) is 64.4 Å². The van der Waals surface area contributed by atoms with Crippen molar-refractivity contribution in [1.29, 1.82) is 0 Å². The van der Waals surface area contributed by atoms with E-state index in [1.807, 2.05) is 24.5 Å². The standard InChI is InChI=1S/C21H18N4O4S/c1-12(26)24-17-7-5-4-6-16(17)18-19(28)22-21(30-3)23-25(18)20(24)14-8-10-15(11-9-14)29-13(2)27/h4-11,20H,1-3H3/p+1. The number of nitrogens with zero attached hydrogens (tertiary/aromatic N) is 3. The van der Waals surface area contributed by atoms with Crippen LogP contribution in [0.5, 0.6) is 5.75 Å². The van der Waals surface area contributed by atoms with Gasteiger partial charge in [-0.15, -0.1) is 0 Å². The van der Waals surface area contributed by atoms with Gasteiger partial charge in [-0.3, -0.25) is 19.4 Å². The van der Waals surface area contributed by atoms with Gasteiger partial charge in [-0.1, -0.05) is 23.9 Å². The Bertz CT molecular complexity index is 1210. The van der Waals surface area contributed by atoms with Crippen LogP contribution in [0.3, 0.4) is 0 Å². The molecule has 1 unspecified atom stereocenters. The van der Waals surface area contributed by atoms with E-state index in [0.29, 0.717) is 33.4 Å². The fourth-order valence-corrected chi connectivity index (χ4v) is 3.94. The highest BCUT2D eigenvalue weighted by Crippen LogP contribution is 2.37. The van der Waals surface area contributed by atoms with Crippen LogP contribution >= 0.6 is 11.8 Å². The van der Waals surface area contributed by atoms with Crippen molar-refractivity contribution in [3.8, 4) is 17.0 Å². The molecule has 4 rings (SSSR count). The molecule has 0 aliphatic carbocycles. The van der Waals surface area contributed by atoms with Crippen LogP contribution in [0, 0.1) is 0 Å². The number of benzene rings is 2. The number of amides is 1. The molecule has 2 aromatic carbocycles. The van der Waals surface area contributed by atoms with Crippen LogP contribution in [0.1, 0.15) is 25.6 Å². The van der Waals surface area contributed by atoms with Gasteiger partial charge in [0.1, 0.15) is 5.75 Å². The number of H-pyrrole nitrogens is 1. The first-order valence-electron chi connectivity index (χ1n) is 9.18. The summed E-state index contributed by atoms with van der Waals surface area (Å²) in [6.07, 6.45) is 1.14. The van der Waals surface area contributed by atoms with Crippen LogP contribution in [0.2, 0.25) is 0 Å². The minimum Gasteiger partial charge on any atom is -0.427 e. The van der Waals surface area contributed by atoms with Gasteiger partial charge in [-0.25, -0.2) is 4.90 Å². The minimum absolute atomic E-state index is 0.192. The number of hydrogen-bond donors (Lipinski definition) is 1. The number of aromatic nitrogens is 3. The first-order valence-corrected chi connectivity index (χ1v) is 10.4. The summed E-state index contributed by atoms with van der Waals surface area (Å²) in [6, 6.07) is 14.1. The third-order valence-corrected chi connectivity index (χ3v) is 5.30. The van der Waals surface area contributed by atoms with E-state index in [-0.39, 0.29) is 11.5 Å². The molecular weight excluding hydrogens is 404 g/mol. The zero-order valence-electron chi connectivity index (χ0n) is 16.6. The van der Waals surface area contributed by atoms with E-state index in [9.17, 15) is 14.4 Å². The summed E-state index contributed by atoms with van der Waals surface area (Å²) in [5.74, 6) is -0.217. The number of thioether (sulfide) groups is 1. The summed E-state index contributed by atoms with van der Waals surface area (Å²) >= 11 is 1.30. The Kier molecular flexibility index (Phi) is 5.13. The normalized spacial score (nSPS) is 14.6. The molecule has 1 atom stereocenters. The zero-order chi connectivity index (χ0) is 21.4. The molecule has 1 aromatic heterocycles. The molecule has 1 amide bonds. The van der Waals surface area contributed by atoms with Gasteiger partial charge < -0.3 is 4.74 Å². The number of rotatable bonds is 3. The predicted molar refractivity (Wildman–Crippen MR) is 111 cm³/mol. The molecule has 0 fully saturated rings. The van der Waals surface area contributed by atoms with Gasteiger partial charge in [0.25, 0.3) is 6.17 Å². The molecule has 2 heterocycles. The number of hydrogen-bond acceptors (Lipinski definition) is 6. The monoisotopic (exact) mass is 423 g/mol. The largest absolute Gasteiger partial charge is 0.427 e. The Balaban J connectivity index is 1.97. The average Bonchev–Trinajstić information content (AvgIpc) is 2.72. The van der Waals surface area contributed by atoms with E-state index < -0.39 is 12.1 Å². The Morgan fingerprint density at radius 1 is 1.13 bits per heavy atom. The second-order valence-electron chi connectivity index (χ2n) is 6.70. The number of carbonyl (C=O) groups is 2.